The molecule has 1 N–H and O–H groups in total. The van der Waals surface area contributed by atoms with Gasteiger partial charge in [0.2, 0.25) is 0 Å². The maximum atomic E-state index is 6.12. The van der Waals surface area contributed by atoms with E-state index in [2.05, 4.69) is 39.1 Å². The van der Waals surface area contributed by atoms with E-state index in [-0.39, 0.29) is 6.10 Å². The van der Waals surface area contributed by atoms with E-state index < -0.39 is 0 Å². The molecule has 3 rings (SSSR count). The van der Waals surface area contributed by atoms with Gasteiger partial charge in [-0.3, -0.25) is 0 Å². The molecule has 0 fully saturated rings. The zero-order valence-electron chi connectivity index (χ0n) is 13.0. The lowest BCUT2D eigenvalue weighted by Crippen LogP contribution is -2.33. The molecule has 3 heteroatoms. The van der Waals surface area contributed by atoms with Gasteiger partial charge in [0.15, 0.2) is 0 Å². The van der Waals surface area contributed by atoms with Crippen LogP contribution in [-0.2, 0) is 12.8 Å². The van der Waals surface area contributed by atoms with Crippen LogP contribution in [0.3, 0.4) is 0 Å². The summed E-state index contributed by atoms with van der Waals surface area (Å²) in [6.45, 7) is 10.5. The fourth-order valence-corrected chi connectivity index (χ4v) is 3.49. The number of rotatable bonds is 3. The van der Waals surface area contributed by atoms with Gasteiger partial charge in [0.1, 0.15) is 17.6 Å². The van der Waals surface area contributed by atoms with Gasteiger partial charge >= 0.3 is 0 Å². The second-order valence-electron chi connectivity index (χ2n) is 6.25. The Bertz CT molecular complexity index is 510. The molecular formula is C17H25NO2. The topological polar surface area (TPSA) is 30.5 Å². The third kappa shape index (κ3) is 2.18. The molecule has 0 aromatic heterocycles. The highest BCUT2D eigenvalue weighted by atomic mass is 16.5. The number of hydrogen-bond acceptors (Lipinski definition) is 3. The smallest absolute Gasteiger partial charge is 0.128 e. The maximum Gasteiger partial charge on any atom is 0.128 e. The Morgan fingerprint density at radius 2 is 2.25 bits per heavy atom. The molecule has 2 heterocycles. The van der Waals surface area contributed by atoms with Gasteiger partial charge in [-0.15, -0.1) is 0 Å². The number of ether oxygens (including phenoxy) is 2. The molecular weight excluding hydrogens is 250 g/mol. The summed E-state index contributed by atoms with van der Waals surface area (Å²) in [4.78, 5) is 0. The number of fused-ring (bicyclic) bond motifs is 3. The number of hydrogen-bond donors (Lipinski definition) is 1. The fourth-order valence-electron chi connectivity index (χ4n) is 3.49. The fraction of sp³-hybridized carbons (Fsp3) is 0.647. The normalized spacial score (nSPS) is 24.2. The van der Waals surface area contributed by atoms with Crippen molar-refractivity contribution in [3.05, 3.63) is 22.8 Å². The third-order valence-corrected chi connectivity index (χ3v) is 4.31. The van der Waals surface area contributed by atoms with E-state index in [0.29, 0.717) is 12.0 Å². The van der Waals surface area contributed by atoms with Crippen LogP contribution in [0.15, 0.2) is 6.07 Å². The minimum absolute atomic E-state index is 0.278. The van der Waals surface area contributed by atoms with Crippen LogP contribution in [0.4, 0.5) is 0 Å². The molecule has 3 nitrogen and oxygen atoms in total. The van der Waals surface area contributed by atoms with Crippen molar-refractivity contribution in [2.24, 2.45) is 5.92 Å². The monoisotopic (exact) mass is 275 g/mol. The van der Waals surface area contributed by atoms with E-state index in [1.165, 1.54) is 16.7 Å². The maximum absolute atomic E-state index is 6.12. The summed E-state index contributed by atoms with van der Waals surface area (Å²) in [6.07, 6.45) is 2.30. The second-order valence-corrected chi connectivity index (χ2v) is 6.25. The molecule has 2 atom stereocenters. The Balaban J connectivity index is 2.15. The molecule has 1 aromatic carbocycles. The quantitative estimate of drug-likeness (QED) is 0.918. The van der Waals surface area contributed by atoms with Crippen LogP contribution >= 0.6 is 0 Å². The Morgan fingerprint density at radius 3 is 2.95 bits per heavy atom. The molecule has 0 radical (unpaired) electrons. The molecule has 20 heavy (non-hydrogen) atoms. The van der Waals surface area contributed by atoms with Crippen molar-refractivity contribution >= 4 is 0 Å². The summed E-state index contributed by atoms with van der Waals surface area (Å²) in [7, 11) is 0. The lowest BCUT2D eigenvalue weighted by atomic mass is 9.85. The molecule has 0 bridgehead atoms. The first-order valence-electron chi connectivity index (χ1n) is 7.83. The van der Waals surface area contributed by atoms with E-state index >= 15 is 0 Å². The van der Waals surface area contributed by atoms with Crippen molar-refractivity contribution in [3.8, 4) is 11.5 Å². The van der Waals surface area contributed by atoms with Crippen LogP contribution in [0, 0.1) is 5.92 Å². The van der Waals surface area contributed by atoms with E-state index in [0.717, 1.165) is 37.5 Å². The molecule has 2 unspecified atom stereocenters. The van der Waals surface area contributed by atoms with Crippen LogP contribution in [0.1, 0.15) is 50.4 Å². The summed E-state index contributed by atoms with van der Waals surface area (Å²) < 4.78 is 12.0. The summed E-state index contributed by atoms with van der Waals surface area (Å²) in [5.41, 5.74) is 4.03. The van der Waals surface area contributed by atoms with Gasteiger partial charge in [0.25, 0.3) is 0 Å². The lowest BCUT2D eigenvalue weighted by molar-refractivity contribution is 0.245. The van der Waals surface area contributed by atoms with Crippen molar-refractivity contribution in [1.82, 2.24) is 5.32 Å². The van der Waals surface area contributed by atoms with Gasteiger partial charge in [-0.05, 0) is 38.8 Å². The largest absolute Gasteiger partial charge is 0.494 e. The van der Waals surface area contributed by atoms with Crippen LogP contribution in [0.5, 0.6) is 11.5 Å². The van der Waals surface area contributed by atoms with Crippen LogP contribution in [0.2, 0.25) is 0 Å². The Morgan fingerprint density at radius 1 is 1.45 bits per heavy atom. The van der Waals surface area contributed by atoms with Gasteiger partial charge < -0.3 is 14.8 Å². The molecule has 0 amide bonds. The predicted octanol–water partition coefficient (Wildman–Crippen LogP) is 3.25. The number of benzene rings is 1. The second kappa shape index (κ2) is 5.28. The van der Waals surface area contributed by atoms with E-state index in [4.69, 9.17) is 9.47 Å². The van der Waals surface area contributed by atoms with Gasteiger partial charge in [0, 0.05) is 29.2 Å². The van der Waals surface area contributed by atoms with Crippen molar-refractivity contribution in [3.63, 3.8) is 0 Å². The molecule has 2 aliphatic rings. The SMILES string of the molecule is CCOc1cc2c(c3c1CCNC3C(C)C)OC(C)C2. The van der Waals surface area contributed by atoms with Crippen molar-refractivity contribution in [1.29, 1.82) is 0 Å². The summed E-state index contributed by atoms with van der Waals surface area (Å²) in [6, 6.07) is 2.59. The molecule has 0 aliphatic carbocycles. The predicted molar refractivity (Wildman–Crippen MR) is 80.7 cm³/mol. The van der Waals surface area contributed by atoms with E-state index in [9.17, 15) is 0 Å². The molecule has 2 aliphatic heterocycles. The van der Waals surface area contributed by atoms with Crippen LogP contribution < -0.4 is 14.8 Å². The highest BCUT2D eigenvalue weighted by Gasteiger charge is 2.34. The first kappa shape index (κ1) is 13.7. The van der Waals surface area contributed by atoms with E-state index in [1.807, 2.05) is 0 Å². The summed E-state index contributed by atoms with van der Waals surface area (Å²) in [5.74, 6) is 2.75. The average molecular weight is 275 g/mol. The number of nitrogens with one attached hydrogen (secondary N) is 1. The molecule has 0 spiro atoms. The van der Waals surface area contributed by atoms with Crippen molar-refractivity contribution in [2.75, 3.05) is 13.2 Å². The van der Waals surface area contributed by atoms with Crippen LogP contribution in [0.25, 0.3) is 0 Å². The van der Waals surface area contributed by atoms with Gasteiger partial charge in [-0.2, -0.15) is 0 Å². The minimum atomic E-state index is 0.278. The van der Waals surface area contributed by atoms with Gasteiger partial charge in [-0.25, -0.2) is 0 Å². The Labute approximate surface area is 121 Å². The Hall–Kier alpha value is -1.22. The first-order chi connectivity index (χ1) is 9.61. The average Bonchev–Trinajstić information content (AvgIpc) is 2.78. The highest BCUT2D eigenvalue weighted by molar-refractivity contribution is 5.58. The first-order valence-corrected chi connectivity index (χ1v) is 7.83. The highest BCUT2D eigenvalue weighted by Crippen LogP contribution is 2.45. The summed E-state index contributed by atoms with van der Waals surface area (Å²) >= 11 is 0. The Kier molecular flexibility index (Phi) is 3.63. The van der Waals surface area contributed by atoms with Crippen LogP contribution in [-0.4, -0.2) is 19.3 Å². The summed E-state index contributed by atoms with van der Waals surface area (Å²) in [5, 5.41) is 3.65. The van der Waals surface area contributed by atoms with Gasteiger partial charge in [-0.1, -0.05) is 13.8 Å². The van der Waals surface area contributed by atoms with Gasteiger partial charge in [0.05, 0.1) is 6.61 Å². The van der Waals surface area contributed by atoms with Crippen molar-refractivity contribution < 1.29 is 9.47 Å². The zero-order chi connectivity index (χ0) is 14.3. The molecule has 0 saturated heterocycles. The minimum Gasteiger partial charge on any atom is -0.494 e. The molecule has 110 valence electrons. The lowest BCUT2D eigenvalue weighted by Gasteiger charge is -2.32. The van der Waals surface area contributed by atoms with Crippen molar-refractivity contribution in [2.45, 2.75) is 52.7 Å². The van der Waals surface area contributed by atoms with E-state index in [1.54, 1.807) is 0 Å². The molecule has 1 aromatic rings. The third-order valence-electron chi connectivity index (χ3n) is 4.31. The molecule has 0 saturated carbocycles. The zero-order valence-corrected chi connectivity index (χ0v) is 13.0. The standard InChI is InChI=1S/C17H25NO2/c1-5-19-14-9-12-8-11(4)20-17(12)15-13(14)6-7-18-16(15)10(2)3/h9-11,16,18H,5-8H2,1-4H3.